The highest BCUT2D eigenvalue weighted by Crippen LogP contribution is 2.40. The molecule has 0 N–H and O–H groups in total. The third-order valence-electron chi connectivity index (χ3n) is 3.09. The van der Waals surface area contributed by atoms with Gasteiger partial charge < -0.3 is 14.4 Å². The minimum absolute atomic E-state index is 0.0987. The SMILES string of the molecule is CN(C)CC1OC(C(C)(C)C)C(C(C)(C)C)O1. The van der Waals surface area contributed by atoms with E-state index in [-0.39, 0.29) is 29.3 Å². The Balaban J connectivity index is 2.80. The van der Waals surface area contributed by atoms with Crippen molar-refractivity contribution in [2.24, 2.45) is 10.8 Å². The molecule has 1 saturated heterocycles. The van der Waals surface area contributed by atoms with E-state index >= 15 is 0 Å². The van der Waals surface area contributed by atoms with Gasteiger partial charge in [-0.05, 0) is 24.9 Å². The first-order chi connectivity index (χ1) is 7.51. The second-order valence-electron chi connectivity index (χ2n) is 7.54. The van der Waals surface area contributed by atoms with Crippen molar-refractivity contribution in [3.8, 4) is 0 Å². The van der Waals surface area contributed by atoms with Gasteiger partial charge in [0, 0.05) is 6.54 Å². The summed E-state index contributed by atoms with van der Waals surface area (Å²) in [6.07, 6.45) is 0.221. The van der Waals surface area contributed by atoms with Gasteiger partial charge in [0.25, 0.3) is 0 Å². The molecule has 102 valence electrons. The molecular formula is C14H29NO2. The minimum Gasteiger partial charge on any atom is -0.345 e. The summed E-state index contributed by atoms with van der Waals surface area (Å²) in [4.78, 5) is 2.11. The Kier molecular flexibility index (Phi) is 4.28. The predicted molar refractivity (Wildman–Crippen MR) is 71.0 cm³/mol. The molecule has 2 unspecified atom stereocenters. The van der Waals surface area contributed by atoms with Crippen molar-refractivity contribution >= 4 is 0 Å². The number of rotatable bonds is 2. The Labute approximate surface area is 106 Å². The summed E-state index contributed by atoms with van der Waals surface area (Å²) < 4.78 is 12.2. The number of likely N-dealkylation sites (N-methyl/N-ethyl adjacent to an activating group) is 1. The highest BCUT2D eigenvalue weighted by Gasteiger charge is 2.47. The van der Waals surface area contributed by atoms with E-state index in [9.17, 15) is 0 Å². The summed E-state index contributed by atoms with van der Waals surface area (Å²) in [5.41, 5.74) is 0.220. The number of hydrogen-bond acceptors (Lipinski definition) is 3. The molecule has 1 fully saturated rings. The molecule has 0 saturated carbocycles. The van der Waals surface area contributed by atoms with Crippen LogP contribution in [-0.2, 0) is 9.47 Å². The van der Waals surface area contributed by atoms with E-state index in [2.05, 4.69) is 46.4 Å². The van der Waals surface area contributed by atoms with Crippen molar-refractivity contribution in [2.75, 3.05) is 20.6 Å². The molecule has 0 bridgehead atoms. The molecule has 0 aliphatic carbocycles. The third-order valence-corrected chi connectivity index (χ3v) is 3.09. The van der Waals surface area contributed by atoms with Crippen LogP contribution in [0.25, 0.3) is 0 Å². The Morgan fingerprint density at radius 1 is 0.824 bits per heavy atom. The van der Waals surface area contributed by atoms with E-state index in [0.29, 0.717) is 0 Å². The first-order valence-electron chi connectivity index (χ1n) is 6.47. The topological polar surface area (TPSA) is 21.7 Å². The first-order valence-corrected chi connectivity index (χ1v) is 6.47. The lowest BCUT2D eigenvalue weighted by molar-refractivity contribution is -0.0937. The van der Waals surface area contributed by atoms with Gasteiger partial charge >= 0.3 is 0 Å². The maximum absolute atomic E-state index is 6.11. The number of hydrogen-bond donors (Lipinski definition) is 0. The van der Waals surface area contributed by atoms with Crippen molar-refractivity contribution in [1.82, 2.24) is 4.90 Å². The van der Waals surface area contributed by atoms with Crippen molar-refractivity contribution < 1.29 is 9.47 Å². The molecule has 1 aliphatic rings. The summed E-state index contributed by atoms with van der Waals surface area (Å²) >= 11 is 0. The van der Waals surface area contributed by atoms with Gasteiger partial charge in [-0.15, -0.1) is 0 Å². The van der Waals surface area contributed by atoms with Crippen LogP contribution in [0.15, 0.2) is 0 Å². The maximum atomic E-state index is 6.11. The Hall–Kier alpha value is -0.120. The van der Waals surface area contributed by atoms with Gasteiger partial charge in [0.1, 0.15) is 0 Å². The fourth-order valence-corrected chi connectivity index (χ4v) is 2.20. The van der Waals surface area contributed by atoms with Crippen molar-refractivity contribution in [2.45, 2.75) is 60.0 Å². The predicted octanol–water partition coefficient (Wildman–Crippen LogP) is 2.75. The van der Waals surface area contributed by atoms with E-state index in [4.69, 9.17) is 9.47 Å². The molecule has 0 radical (unpaired) electrons. The monoisotopic (exact) mass is 243 g/mol. The largest absolute Gasteiger partial charge is 0.345 e. The quantitative estimate of drug-likeness (QED) is 0.744. The molecule has 1 heterocycles. The highest BCUT2D eigenvalue weighted by atomic mass is 16.7. The minimum atomic E-state index is -0.0987. The van der Waals surface area contributed by atoms with Crippen LogP contribution in [0.3, 0.4) is 0 Å². The molecule has 0 aromatic carbocycles. The fraction of sp³-hybridized carbons (Fsp3) is 1.00. The second-order valence-corrected chi connectivity index (χ2v) is 7.54. The van der Waals surface area contributed by atoms with Crippen LogP contribution in [0.5, 0.6) is 0 Å². The zero-order valence-electron chi connectivity index (χ0n) is 12.7. The average Bonchev–Trinajstić information content (AvgIpc) is 2.44. The van der Waals surface area contributed by atoms with Gasteiger partial charge in [-0.2, -0.15) is 0 Å². The van der Waals surface area contributed by atoms with Crippen molar-refractivity contribution in [3.05, 3.63) is 0 Å². The Morgan fingerprint density at radius 2 is 1.18 bits per heavy atom. The Morgan fingerprint density at radius 3 is 1.41 bits per heavy atom. The van der Waals surface area contributed by atoms with Gasteiger partial charge in [0.15, 0.2) is 6.29 Å². The summed E-state index contributed by atoms with van der Waals surface area (Å²) in [5, 5.41) is 0. The molecule has 3 heteroatoms. The van der Waals surface area contributed by atoms with Gasteiger partial charge in [0.05, 0.1) is 12.2 Å². The lowest BCUT2D eigenvalue weighted by Crippen LogP contribution is -2.42. The van der Waals surface area contributed by atoms with E-state index < -0.39 is 0 Å². The highest BCUT2D eigenvalue weighted by molar-refractivity contribution is 4.93. The van der Waals surface area contributed by atoms with Crippen LogP contribution >= 0.6 is 0 Å². The normalized spacial score (nSPS) is 31.2. The van der Waals surface area contributed by atoms with Crippen LogP contribution < -0.4 is 0 Å². The van der Waals surface area contributed by atoms with Crippen molar-refractivity contribution in [3.63, 3.8) is 0 Å². The summed E-state index contributed by atoms with van der Waals surface area (Å²) in [6.45, 7) is 14.1. The summed E-state index contributed by atoms with van der Waals surface area (Å²) in [6, 6.07) is 0. The molecular weight excluding hydrogens is 214 g/mol. The average molecular weight is 243 g/mol. The molecule has 17 heavy (non-hydrogen) atoms. The van der Waals surface area contributed by atoms with Gasteiger partial charge in [-0.1, -0.05) is 41.5 Å². The van der Waals surface area contributed by atoms with E-state index in [1.807, 2.05) is 14.1 Å². The number of nitrogens with zero attached hydrogens (tertiary/aromatic N) is 1. The second kappa shape index (κ2) is 4.87. The van der Waals surface area contributed by atoms with Crippen molar-refractivity contribution in [1.29, 1.82) is 0 Å². The zero-order chi connectivity index (χ0) is 13.4. The maximum Gasteiger partial charge on any atom is 0.171 e. The smallest absolute Gasteiger partial charge is 0.171 e. The standard InChI is InChI=1S/C14H29NO2/c1-13(2,3)11-12(14(4,5)6)17-10(16-11)9-15(7)8/h10-12H,9H2,1-8H3. The third kappa shape index (κ3) is 3.94. The lowest BCUT2D eigenvalue weighted by atomic mass is 9.76. The molecule has 1 rings (SSSR count). The Bertz CT molecular complexity index is 228. The van der Waals surface area contributed by atoms with Gasteiger partial charge in [0.2, 0.25) is 0 Å². The fourth-order valence-electron chi connectivity index (χ4n) is 2.20. The number of ether oxygens (including phenoxy) is 2. The van der Waals surface area contributed by atoms with Gasteiger partial charge in [-0.25, -0.2) is 0 Å². The molecule has 0 amide bonds. The van der Waals surface area contributed by atoms with Crippen LogP contribution in [0.1, 0.15) is 41.5 Å². The van der Waals surface area contributed by atoms with E-state index in [1.165, 1.54) is 0 Å². The first kappa shape index (κ1) is 14.9. The molecule has 0 aromatic heterocycles. The van der Waals surface area contributed by atoms with Crippen LogP contribution in [0.2, 0.25) is 0 Å². The molecule has 2 atom stereocenters. The zero-order valence-corrected chi connectivity index (χ0v) is 12.7. The summed E-state index contributed by atoms with van der Waals surface area (Å²) in [5.74, 6) is 0. The molecule has 3 nitrogen and oxygen atoms in total. The van der Waals surface area contributed by atoms with E-state index in [1.54, 1.807) is 0 Å². The van der Waals surface area contributed by atoms with Crippen LogP contribution in [0.4, 0.5) is 0 Å². The van der Waals surface area contributed by atoms with E-state index in [0.717, 1.165) is 6.54 Å². The molecule has 0 aromatic rings. The van der Waals surface area contributed by atoms with Crippen LogP contribution in [0, 0.1) is 10.8 Å². The molecule has 0 spiro atoms. The lowest BCUT2D eigenvalue weighted by Gasteiger charge is -2.36. The molecule has 1 aliphatic heterocycles. The van der Waals surface area contributed by atoms with Gasteiger partial charge in [-0.3, -0.25) is 0 Å². The summed E-state index contributed by atoms with van der Waals surface area (Å²) in [7, 11) is 4.09. The van der Waals surface area contributed by atoms with Crippen LogP contribution in [-0.4, -0.2) is 44.0 Å².